The molecule has 9 heteroatoms. The first-order valence-corrected chi connectivity index (χ1v) is 12.6. The number of carbonyl (C=O) groups excluding carboxylic acids is 4. The summed E-state index contributed by atoms with van der Waals surface area (Å²) < 4.78 is 5.18. The number of halogens is 1. The lowest BCUT2D eigenvalue weighted by Crippen LogP contribution is -2.51. The fraction of sp³-hybridized carbons (Fsp3) is 0.241. The summed E-state index contributed by atoms with van der Waals surface area (Å²) in [6.45, 7) is 1.51. The van der Waals surface area contributed by atoms with Crippen LogP contribution in [0.1, 0.15) is 24.1 Å². The maximum absolute atomic E-state index is 13.8. The predicted molar refractivity (Wildman–Crippen MR) is 141 cm³/mol. The van der Waals surface area contributed by atoms with E-state index in [-0.39, 0.29) is 6.54 Å². The van der Waals surface area contributed by atoms with Gasteiger partial charge in [-0.15, -0.1) is 0 Å². The fourth-order valence-electron chi connectivity index (χ4n) is 5.50. The van der Waals surface area contributed by atoms with Gasteiger partial charge in [-0.3, -0.25) is 19.2 Å². The van der Waals surface area contributed by atoms with Gasteiger partial charge in [0.15, 0.2) is 0 Å². The number of hydrogen-bond donors (Lipinski definition) is 1. The van der Waals surface area contributed by atoms with E-state index in [1.165, 1.54) is 11.8 Å². The molecule has 3 aromatic carbocycles. The van der Waals surface area contributed by atoms with Crippen molar-refractivity contribution in [2.45, 2.75) is 25.6 Å². The number of rotatable bonds is 6. The molecule has 8 nitrogen and oxygen atoms in total. The van der Waals surface area contributed by atoms with Crippen molar-refractivity contribution in [1.82, 2.24) is 10.2 Å². The van der Waals surface area contributed by atoms with Gasteiger partial charge < -0.3 is 15.0 Å². The summed E-state index contributed by atoms with van der Waals surface area (Å²) in [7, 11) is 1.57. The molecule has 4 unspecified atom stereocenters. The number of nitrogens with one attached hydrogen (secondary N) is 1. The topological polar surface area (TPSA) is 96.0 Å². The second kappa shape index (κ2) is 10.3. The molecule has 0 aromatic heterocycles. The molecule has 2 aliphatic rings. The Labute approximate surface area is 225 Å². The van der Waals surface area contributed by atoms with E-state index in [1.807, 2.05) is 12.1 Å². The molecule has 4 amide bonds. The minimum Gasteiger partial charge on any atom is -0.497 e. The number of carbonyl (C=O) groups is 4. The number of para-hydroxylation sites is 1. The summed E-state index contributed by atoms with van der Waals surface area (Å²) in [5.74, 6) is -3.19. The lowest BCUT2D eigenvalue weighted by Gasteiger charge is -2.32. The Balaban J connectivity index is 1.54. The van der Waals surface area contributed by atoms with E-state index in [0.29, 0.717) is 22.0 Å². The SMILES string of the molecule is COc1ccc(CNC(=O)C2C3C(=O)N(c4ccccc4)C(=O)C3C(c3cccc(Cl)c3)N2C(C)=O)cc1. The fourth-order valence-corrected chi connectivity index (χ4v) is 5.70. The largest absolute Gasteiger partial charge is 0.497 e. The molecule has 0 bridgehead atoms. The Morgan fingerprint density at radius 3 is 2.24 bits per heavy atom. The number of amides is 4. The van der Waals surface area contributed by atoms with Crippen LogP contribution in [0.2, 0.25) is 5.02 Å². The number of likely N-dealkylation sites (tertiary alicyclic amines) is 1. The number of methoxy groups -OCH3 is 1. The summed E-state index contributed by atoms with van der Waals surface area (Å²) in [5, 5.41) is 3.29. The van der Waals surface area contributed by atoms with E-state index >= 15 is 0 Å². The van der Waals surface area contributed by atoms with Gasteiger partial charge in [0.25, 0.3) is 0 Å². The number of nitrogens with zero attached hydrogens (tertiary/aromatic N) is 2. The zero-order chi connectivity index (χ0) is 27.0. The van der Waals surface area contributed by atoms with Crippen LogP contribution in [0.4, 0.5) is 5.69 Å². The molecule has 0 aliphatic carbocycles. The van der Waals surface area contributed by atoms with Gasteiger partial charge in [-0.05, 0) is 47.5 Å². The second-order valence-electron chi connectivity index (χ2n) is 9.34. The number of hydrogen-bond acceptors (Lipinski definition) is 5. The molecular formula is C29H26ClN3O5. The third-order valence-electron chi connectivity index (χ3n) is 7.14. The van der Waals surface area contributed by atoms with E-state index in [0.717, 1.165) is 10.5 Å². The van der Waals surface area contributed by atoms with E-state index < -0.39 is 47.5 Å². The third-order valence-corrected chi connectivity index (χ3v) is 7.38. The van der Waals surface area contributed by atoms with Crippen LogP contribution in [0.5, 0.6) is 5.75 Å². The minimum absolute atomic E-state index is 0.175. The highest BCUT2D eigenvalue weighted by molar-refractivity contribution is 6.30. The Bertz CT molecular complexity index is 1390. The van der Waals surface area contributed by atoms with Crippen LogP contribution >= 0.6 is 11.6 Å². The molecule has 1 N–H and O–H groups in total. The molecule has 194 valence electrons. The third kappa shape index (κ3) is 4.41. The van der Waals surface area contributed by atoms with Crippen molar-refractivity contribution in [3.8, 4) is 5.75 Å². The molecule has 0 spiro atoms. The maximum Gasteiger partial charge on any atom is 0.243 e. The highest BCUT2D eigenvalue weighted by Crippen LogP contribution is 2.51. The van der Waals surface area contributed by atoms with Gasteiger partial charge in [-0.2, -0.15) is 0 Å². The summed E-state index contributed by atoms with van der Waals surface area (Å²) in [5.41, 5.74) is 1.83. The molecule has 4 atom stereocenters. The zero-order valence-corrected chi connectivity index (χ0v) is 21.6. The molecule has 3 aromatic rings. The van der Waals surface area contributed by atoms with Crippen molar-refractivity contribution >= 4 is 40.9 Å². The second-order valence-corrected chi connectivity index (χ2v) is 9.77. The average molecular weight is 532 g/mol. The monoisotopic (exact) mass is 531 g/mol. The van der Waals surface area contributed by atoms with Crippen LogP contribution in [0.25, 0.3) is 0 Å². The lowest BCUT2D eigenvalue weighted by atomic mass is 9.86. The molecular weight excluding hydrogens is 506 g/mol. The molecule has 38 heavy (non-hydrogen) atoms. The number of fused-ring (bicyclic) bond motifs is 1. The Morgan fingerprint density at radius 2 is 1.61 bits per heavy atom. The first-order chi connectivity index (χ1) is 18.3. The van der Waals surface area contributed by atoms with Crippen LogP contribution in [0.3, 0.4) is 0 Å². The molecule has 2 aliphatic heterocycles. The summed E-state index contributed by atoms with van der Waals surface area (Å²) in [6, 6.07) is 20.6. The van der Waals surface area contributed by atoms with Gasteiger partial charge in [0, 0.05) is 18.5 Å². The first-order valence-electron chi connectivity index (χ1n) is 12.2. The van der Waals surface area contributed by atoms with E-state index in [2.05, 4.69) is 5.32 Å². The quantitative estimate of drug-likeness (QED) is 0.489. The van der Waals surface area contributed by atoms with Gasteiger partial charge in [-0.1, -0.05) is 54.1 Å². The first kappa shape index (κ1) is 25.5. The smallest absolute Gasteiger partial charge is 0.243 e. The lowest BCUT2D eigenvalue weighted by molar-refractivity contribution is -0.141. The normalized spacial score (nSPS) is 22.4. The van der Waals surface area contributed by atoms with Crippen molar-refractivity contribution in [2.24, 2.45) is 11.8 Å². The number of anilines is 1. The van der Waals surface area contributed by atoms with Gasteiger partial charge >= 0.3 is 0 Å². The maximum atomic E-state index is 13.8. The highest BCUT2D eigenvalue weighted by atomic mass is 35.5. The van der Waals surface area contributed by atoms with Crippen LogP contribution < -0.4 is 15.0 Å². The molecule has 0 radical (unpaired) electrons. The van der Waals surface area contributed by atoms with Crippen molar-refractivity contribution in [2.75, 3.05) is 12.0 Å². The van der Waals surface area contributed by atoms with E-state index in [4.69, 9.17) is 16.3 Å². The standard InChI is InChI=1S/C29H26ClN3O5/c1-17(34)32-25(19-7-6-8-20(30)15-19)23-24(29(37)33(28(23)36)21-9-4-3-5-10-21)26(32)27(35)31-16-18-11-13-22(38-2)14-12-18/h3-15,23-26H,16H2,1-2H3,(H,31,35). The summed E-state index contributed by atoms with van der Waals surface area (Å²) in [6.07, 6.45) is 0. The van der Waals surface area contributed by atoms with Gasteiger partial charge in [0.1, 0.15) is 11.8 Å². The predicted octanol–water partition coefficient (Wildman–Crippen LogP) is 3.74. The van der Waals surface area contributed by atoms with Crippen LogP contribution in [-0.4, -0.2) is 41.7 Å². The van der Waals surface area contributed by atoms with Crippen LogP contribution in [-0.2, 0) is 25.7 Å². The molecule has 5 rings (SSSR count). The molecule has 2 heterocycles. The Kier molecular flexibility index (Phi) is 6.91. The van der Waals surface area contributed by atoms with Crippen molar-refractivity contribution in [3.63, 3.8) is 0 Å². The Hall–Kier alpha value is -4.17. The highest BCUT2D eigenvalue weighted by Gasteiger charge is 2.65. The zero-order valence-electron chi connectivity index (χ0n) is 20.8. The van der Waals surface area contributed by atoms with Crippen LogP contribution in [0.15, 0.2) is 78.9 Å². The Morgan fingerprint density at radius 1 is 0.921 bits per heavy atom. The molecule has 0 saturated carbocycles. The van der Waals surface area contributed by atoms with Crippen LogP contribution in [0, 0.1) is 11.8 Å². The summed E-state index contributed by atoms with van der Waals surface area (Å²) >= 11 is 6.27. The van der Waals surface area contributed by atoms with E-state index in [9.17, 15) is 19.2 Å². The number of ether oxygens (including phenoxy) is 1. The molecule has 2 fully saturated rings. The van der Waals surface area contributed by atoms with Gasteiger partial charge in [0.2, 0.25) is 23.6 Å². The number of imide groups is 1. The number of benzene rings is 3. The molecule has 2 saturated heterocycles. The van der Waals surface area contributed by atoms with Gasteiger partial charge in [0.05, 0.1) is 30.7 Å². The van der Waals surface area contributed by atoms with Crippen molar-refractivity contribution in [3.05, 3.63) is 95.0 Å². The summed E-state index contributed by atoms with van der Waals surface area (Å²) in [4.78, 5) is 56.9. The van der Waals surface area contributed by atoms with Crippen molar-refractivity contribution < 1.29 is 23.9 Å². The average Bonchev–Trinajstić information content (AvgIpc) is 3.41. The van der Waals surface area contributed by atoms with Gasteiger partial charge in [-0.25, -0.2) is 4.90 Å². The van der Waals surface area contributed by atoms with Crippen molar-refractivity contribution in [1.29, 1.82) is 0 Å². The van der Waals surface area contributed by atoms with E-state index in [1.54, 1.807) is 73.8 Å². The minimum atomic E-state index is -1.18.